The molecule has 0 radical (unpaired) electrons. The van der Waals surface area contributed by atoms with Crippen LogP contribution in [0.1, 0.15) is 11.3 Å². The van der Waals surface area contributed by atoms with Crippen molar-refractivity contribution in [2.24, 2.45) is 0 Å². The number of hydrogen-bond acceptors (Lipinski definition) is 4. The number of nitrogens with one attached hydrogen (secondary N) is 2. The lowest BCUT2D eigenvalue weighted by Crippen LogP contribution is -2.30. The van der Waals surface area contributed by atoms with Gasteiger partial charge >= 0.3 is 0 Å². The minimum absolute atomic E-state index is 0.599. The number of pyridine rings is 1. The van der Waals surface area contributed by atoms with Gasteiger partial charge in [-0.2, -0.15) is 11.8 Å². The summed E-state index contributed by atoms with van der Waals surface area (Å²) >= 11 is 7.02. The molecule has 2 aromatic rings. The van der Waals surface area contributed by atoms with Crippen LogP contribution in [0.2, 0.25) is 0 Å². The van der Waals surface area contributed by atoms with Crippen LogP contribution >= 0.6 is 24.0 Å². The first-order chi connectivity index (χ1) is 9.74. The van der Waals surface area contributed by atoms with Gasteiger partial charge in [-0.1, -0.05) is 0 Å². The molecule has 0 spiro atoms. The first-order valence-corrected chi connectivity index (χ1v) is 7.88. The molecule has 106 valence electrons. The average Bonchev–Trinajstić information content (AvgIpc) is 2.91. The van der Waals surface area contributed by atoms with E-state index in [4.69, 9.17) is 16.6 Å². The molecule has 0 aliphatic carbocycles. The van der Waals surface area contributed by atoms with Crippen molar-refractivity contribution in [3.63, 3.8) is 0 Å². The van der Waals surface area contributed by atoms with Gasteiger partial charge in [0, 0.05) is 18.5 Å². The maximum Gasteiger partial charge on any atom is 0.171 e. The third kappa shape index (κ3) is 5.22. The normalized spacial score (nSPS) is 10.2. The summed E-state index contributed by atoms with van der Waals surface area (Å²) in [6.07, 6.45) is 3.46. The highest BCUT2D eigenvalue weighted by Crippen LogP contribution is 2.11. The van der Waals surface area contributed by atoms with Crippen LogP contribution in [0.5, 0.6) is 0 Å². The molecule has 0 saturated heterocycles. The number of aryl methyl sites for hydroxylation is 1. The average molecular weight is 307 g/mol. The van der Waals surface area contributed by atoms with Crippen molar-refractivity contribution in [3.05, 3.63) is 48.0 Å². The van der Waals surface area contributed by atoms with E-state index in [0.29, 0.717) is 5.11 Å². The van der Waals surface area contributed by atoms with Crippen molar-refractivity contribution in [1.82, 2.24) is 10.3 Å². The van der Waals surface area contributed by atoms with Crippen molar-refractivity contribution in [3.8, 4) is 0 Å². The van der Waals surface area contributed by atoms with Gasteiger partial charge in [0.15, 0.2) is 5.11 Å². The standard InChI is InChI=1S/C14H17N3OS2/c1-11-4-5-15-13(9-11)17-14(19)16-6-8-20-10-12-3-2-7-18-12/h2-5,7,9H,6,8,10H2,1H3,(H2,15,16,17,19). The molecule has 2 N–H and O–H groups in total. The van der Waals surface area contributed by atoms with E-state index < -0.39 is 0 Å². The van der Waals surface area contributed by atoms with Crippen LogP contribution in [0.15, 0.2) is 41.1 Å². The molecule has 2 aromatic heterocycles. The van der Waals surface area contributed by atoms with Gasteiger partial charge in [0.25, 0.3) is 0 Å². The molecule has 6 heteroatoms. The molecule has 0 amide bonds. The Balaban J connectivity index is 1.60. The number of rotatable bonds is 6. The topological polar surface area (TPSA) is 50.1 Å². The van der Waals surface area contributed by atoms with Crippen molar-refractivity contribution in [2.45, 2.75) is 12.7 Å². The predicted octanol–water partition coefficient (Wildman–Crippen LogP) is 3.20. The maximum atomic E-state index is 5.26. The SMILES string of the molecule is Cc1ccnc(NC(=S)NCCSCc2ccco2)c1. The van der Waals surface area contributed by atoms with E-state index in [9.17, 15) is 0 Å². The summed E-state index contributed by atoms with van der Waals surface area (Å²) < 4.78 is 5.26. The Morgan fingerprint density at radius 3 is 3.10 bits per heavy atom. The summed E-state index contributed by atoms with van der Waals surface area (Å²) in [6, 6.07) is 7.80. The second-order valence-corrected chi connectivity index (χ2v) is 5.74. The quantitative estimate of drug-likeness (QED) is 0.631. The highest BCUT2D eigenvalue weighted by molar-refractivity contribution is 7.98. The minimum atomic E-state index is 0.599. The molecule has 2 heterocycles. The van der Waals surface area contributed by atoms with Crippen molar-refractivity contribution in [1.29, 1.82) is 0 Å². The van der Waals surface area contributed by atoms with E-state index in [1.54, 1.807) is 24.2 Å². The molecular formula is C14H17N3OS2. The van der Waals surface area contributed by atoms with Gasteiger partial charge in [0.2, 0.25) is 0 Å². The zero-order chi connectivity index (χ0) is 14.2. The van der Waals surface area contributed by atoms with Crippen LogP contribution in [0.3, 0.4) is 0 Å². The van der Waals surface area contributed by atoms with Crippen molar-refractivity contribution >= 4 is 34.9 Å². The van der Waals surface area contributed by atoms with Gasteiger partial charge in [-0.25, -0.2) is 4.98 Å². The minimum Gasteiger partial charge on any atom is -0.468 e. The third-order valence-electron chi connectivity index (χ3n) is 2.51. The molecular weight excluding hydrogens is 290 g/mol. The van der Waals surface area contributed by atoms with Crippen molar-refractivity contribution in [2.75, 3.05) is 17.6 Å². The molecule has 0 fully saturated rings. The number of thiocarbonyl (C=S) groups is 1. The van der Waals surface area contributed by atoms with Crippen LogP contribution in [-0.2, 0) is 5.75 Å². The number of hydrogen-bond donors (Lipinski definition) is 2. The Kier molecular flexibility index (Phi) is 5.88. The lowest BCUT2D eigenvalue weighted by atomic mass is 10.3. The van der Waals surface area contributed by atoms with E-state index in [1.165, 1.54) is 0 Å². The molecule has 0 aliphatic heterocycles. The molecule has 0 aromatic carbocycles. The van der Waals surface area contributed by atoms with Crippen LogP contribution in [0.4, 0.5) is 5.82 Å². The Morgan fingerprint density at radius 1 is 1.45 bits per heavy atom. The summed E-state index contributed by atoms with van der Waals surface area (Å²) in [5.41, 5.74) is 1.15. The van der Waals surface area contributed by atoms with Gasteiger partial charge in [0.1, 0.15) is 11.6 Å². The van der Waals surface area contributed by atoms with E-state index in [0.717, 1.165) is 35.2 Å². The highest BCUT2D eigenvalue weighted by Gasteiger charge is 1.99. The molecule has 0 bridgehead atoms. The zero-order valence-electron chi connectivity index (χ0n) is 11.3. The van der Waals surface area contributed by atoms with Gasteiger partial charge in [-0.15, -0.1) is 0 Å². The lowest BCUT2D eigenvalue weighted by Gasteiger charge is -2.09. The Labute approximate surface area is 128 Å². The second kappa shape index (κ2) is 7.91. The zero-order valence-corrected chi connectivity index (χ0v) is 12.9. The molecule has 4 nitrogen and oxygen atoms in total. The summed E-state index contributed by atoms with van der Waals surface area (Å²) in [4.78, 5) is 4.20. The third-order valence-corrected chi connectivity index (χ3v) is 3.74. The molecule has 0 saturated carbocycles. The number of aromatic nitrogens is 1. The molecule has 0 unspecified atom stereocenters. The molecule has 20 heavy (non-hydrogen) atoms. The van der Waals surface area contributed by atoms with E-state index >= 15 is 0 Å². The fourth-order valence-corrected chi connectivity index (χ4v) is 2.53. The van der Waals surface area contributed by atoms with Crippen LogP contribution in [-0.4, -0.2) is 22.4 Å². The summed E-state index contributed by atoms with van der Waals surface area (Å²) in [7, 11) is 0. The van der Waals surface area contributed by atoms with Crippen molar-refractivity contribution < 1.29 is 4.42 Å². The summed E-state index contributed by atoms with van der Waals surface area (Å²) in [5, 5.41) is 6.83. The molecule has 2 rings (SSSR count). The van der Waals surface area contributed by atoms with Gasteiger partial charge in [0.05, 0.1) is 12.0 Å². The van der Waals surface area contributed by atoms with Gasteiger partial charge < -0.3 is 15.1 Å². The Morgan fingerprint density at radius 2 is 2.35 bits per heavy atom. The lowest BCUT2D eigenvalue weighted by molar-refractivity contribution is 0.530. The van der Waals surface area contributed by atoms with Crippen LogP contribution in [0, 0.1) is 6.92 Å². The van der Waals surface area contributed by atoms with Crippen LogP contribution < -0.4 is 10.6 Å². The number of anilines is 1. The largest absolute Gasteiger partial charge is 0.468 e. The fraction of sp³-hybridized carbons (Fsp3) is 0.286. The number of furan rings is 1. The van der Waals surface area contributed by atoms with Gasteiger partial charge in [-0.05, 0) is 49.0 Å². The number of nitrogens with zero attached hydrogens (tertiary/aromatic N) is 1. The number of thioether (sulfide) groups is 1. The molecule has 0 aliphatic rings. The fourth-order valence-electron chi connectivity index (χ4n) is 1.57. The van der Waals surface area contributed by atoms with Gasteiger partial charge in [-0.3, -0.25) is 0 Å². The van der Waals surface area contributed by atoms with E-state index in [1.807, 2.05) is 31.2 Å². The Bertz CT molecular complexity index is 543. The van der Waals surface area contributed by atoms with E-state index in [2.05, 4.69) is 15.6 Å². The first kappa shape index (κ1) is 14.9. The smallest absolute Gasteiger partial charge is 0.171 e. The second-order valence-electron chi connectivity index (χ2n) is 4.23. The maximum absolute atomic E-state index is 5.26. The highest BCUT2D eigenvalue weighted by atomic mass is 32.2. The van der Waals surface area contributed by atoms with Crippen LogP contribution in [0.25, 0.3) is 0 Å². The first-order valence-electron chi connectivity index (χ1n) is 6.31. The summed E-state index contributed by atoms with van der Waals surface area (Å²) in [5.74, 6) is 3.61. The molecule has 0 atom stereocenters. The van der Waals surface area contributed by atoms with E-state index in [-0.39, 0.29) is 0 Å². The predicted molar refractivity (Wildman–Crippen MR) is 88.1 cm³/mol. The Hall–Kier alpha value is -1.53. The summed E-state index contributed by atoms with van der Waals surface area (Å²) in [6.45, 7) is 2.83. The monoisotopic (exact) mass is 307 g/mol.